The van der Waals surface area contributed by atoms with Gasteiger partial charge in [-0.15, -0.1) is 0 Å². The Hall–Kier alpha value is -0.120. The molecule has 1 aliphatic heterocycles. The minimum absolute atomic E-state index is 0.291. The molecule has 0 aromatic carbocycles. The van der Waals surface area contributed by atoms with Crippen LogP contribution < -0.4 is 5.32 Å². The van der Waals surface area contributed by atoms with Crippen LogP contribution in [0, 0.1) is 5.41 Å². The number of aliphatic hydroxyl groups excluding tert-OH is 1. The number of aliphatic hydroxyl groups is 1. The normalized spacial score (nSPS) is 31.8. The van der Waals surface area contributed by atoms with Gasteiger partial charge in [-0.05, 0) is 18.3 Å². The van der Waals surface area contributed by atoms with Gasteiger partial charge in [-0.1, -0.05) is 39.5 Å². The highest BCUT2D eigenvalue weighted by Crippen LogP contribution is 2.28. The minimum Gasteiger partial charge on any atom is -0.395 e. The Morgan fingerprint density at radius 1 is 1.17 bits per heavy atom. The van der Waals surface area contributed by atoms with Crippen LogP contribution in [0.4, 0.5) is 0 Å². The van der Waals surface area contributed by atoms with Gasteiger partial charge < -0.3 is 10.4 Å². The molecule has 1 heterocycles. The summed E-state index contributed by atoms with van der Waals surface area (Å²) in [6, 6.07) is 1.01. The average Bonchev–Trinajstić information content (AvgIpc) is 2.67. The van der Waals surface area contributed by atoms with Crippen LogP contribution >= 0.6 is 0 Å². The van der Waals surface area contributed by atoms with Gasteiger partial charge in [-0.25, -0.2) is 0 Å². The molecule has 0 bridgehead atoms. The zero-order chi connectivity index (χ0) is 13.0. The molecule has 1 saturated heterocycles. The summed E-state index contributed by atoms with van der Waals surface area (Å²) >= 11 is 0. The van der Waals surface area contributed by atoms with Crippen molar-refractivity contribution in [2.24, 2.45) is 5.41 Å². The Morgan fingerprint density at radius 3 is 2.44 bits per heavy atom. The Morgan fingerprint density at radius 2 is 1.83 bits per heavy atom. The minimum atomic E-state index is 0.291. The monoisotopic (exact) mass is 254 g/mol. The fourth-order valence-corrected chi connectivity index (χ4v) is 3.56. The molecular weight excluding hydrogens is 224 g/mol. The van der Waals surface area contributed by atoms with E-state index in [1.54, 1.807) is 0 Å². The first-order valence-corrected chi connectivity index (χ1v) is 7.70. The fraction of sp³-hybridized carbons (Fsp3) is 1.00. The van der Waals surface area contributed by atoms with E-state index in [2.05, 4.69) is 24.1 Å². The van der Waals surface area contributed by atoms with Crippen LogP contribution in [0.5, 0.6) is 0 Å². The van der Waals surface area contributed by atoms with Crippen molar-refractivity contribution < 1.29 is 5.11 Å². The maximum absolute atomic E-state index is 9.68. The molecular formula is C15H30N2O. The van der Waals surface area contributed by atoms with Crippen molar-refractivity contribution in [2.75, 3.05) is 26.2 Å². The molecule has 2 fully saturated rings. The highest BCUT2D eigenvalue weighted by molar-refractivity contribution is 4.90. The first kappa shape index (κ1) is 14.3. The van der Waals surface area contributed by atoms with Crippen LogP contribution in [-0.4, -0.2) is 48.3 Å². The van der Waals surface area contributed by atoms with Crippen LogP contribution in [0.25, 0.3) is 0 Å². The molecule has 106 valence electrons. The quantitative estimate of drug-likeness (QED) is 0.740. The van der Waals surface area contributed by atoms with E-state index in [9.17, 15) is 5.11 Å². The second kappa shape index (κ2) is 6.36. The summed E-state index contributed by atoms with van der Waals surface area (Å²) in [6.07, 6.45) is 8.19. The van der Waals surface area contributed by atoms with Crippen LogP contribution in [0.2, 0.25) is 0 Å². The second-order valence-electron chi connectivity index (χ2n) is 6.95. The molecule has 3 nitrogen and oxygen atoms in total. The van der Waals surface area contributed by atoms with Gasteiger partial charge in [-0.2, -0.15) is 0 Å². The highest BCUT2D eigenvalue weighted by atomic mass is 16.3. The van der Waals surface area contributed by atoms with E-state index in [0.717, 1.165) is 19.6 Å². The molecule has 0 aromatic rings. The Balaban J connectivity index is 2.08. The lowest BCUT2D eigenvalue weighted by molar-refractivity contribution is 0.0604. The molecule has 18 heavy (non-hydrogen) atoms. The fourth-order valence-electron chi connectivity index (χ4n) is 3.56. The van der Waals surface area contributed by atoms with E-state index in [1.807, 2.05) is 0 Å². The number of nitrogens with one attached hydrogen (secondary N) is 1. The van der Waals surface area contributed by atoms with E-state index in [-0.39, 0.29) is 0 Å². The molecule has 0 amide bonds. The van der Waals surface area contributed by atoms with Crippen LogP contribution in [-0.2, 0) is 0 Å². The number of hydrogen-bond donors (Lipinski definition) is 2. The Bertz CT molecular complexity index is 247. The number of rotatable bonds is 2. The standard InChI is InChI=1S/C15H30N2O/c1-15(2)11-16-9-14(10-18)17(12-15)13-7-5-3-4-6-8-13/h13-14,16,18H,3-12H2,1-2H3. The van der Waals surface area contributed by atoms with Gasteiger partial charge in [0.1, 0.15) is 0 Å². The largest absolute Gasteiger partial charge is 0.395 e. The van der Waals surface area contributed by atoms with Gasteiger partial charge in [0.15, 0.2) is 0 Å². The molecule has 0 spiro atoms. The summed E-state index contributed by atoms with van der Waals surface area (Å²) in [5.41, 5.74) is 0.316. The van der Waals surface area contributed by atoms with Crippen molar-refractivity contribution in [2.45, 2.75) is 64.5 Å². The summed E-state index contributed by atoms with van der Waals surface area (Å²) in [4.78, 5) is 2.62. The van der Waals surface area contributed by atoms with Gasteiger partial charge in [-0.3, -0.25) is 4.90 Å². The Labute approximate surface area is 112 Å². The lowest BCUT2D eigenvalue weighted by atomic mass is 9.91. The van der Waals surface area contributed by atoms with Gasteiger partial charge in [0.05, 0.1) is 6.61 Å². The predicted molar refractivity (Wildman–Crippen MR) is 75.7 cm³/mol. The number of nitrogens with zero attached hydrogens (tertiary/aromatic N) is 1. The zero-order valence-electron chi connectivity index (χ0n) is 12.1. The summed E-state index contributed by atoms with van der Waals surface area (Å²) in [5.74, 6) is 0. The lowest BCUT2D eigenvalue weighted by Gasteiger charge is -2.39. The molecule has 2 aliphatic rings. The van der Waals surface area contributed by atoms with Gasteiger partial charge in [0.25, 0.3) is 0 Å². The maximum atomic E-state index is 9.68. The molecule has 1 aliphatic carbocycles. The summed E-state index contributed by atoms with van der Waals surface area (Å²) in [7, 11) is 0. The zero-order valence-corrected chi connectivity index (χ0v) is 12.1. The third kappa shape index (κ3) is 3.69. The van der Waals surface area contributed by atoms with Gasteiger partial charge in [0.2, 0.25) is 0 Å². The predicted octanol–water partition coefficient (Wildman–Crippen LogP) is 2.00. The van der Waals surface area contributed by atoms with Crippen LogP contribution in [0.15, 0.2) is 0 Å². The molecule has 1 atom stereocenters. The molecule has 1 saturated carbocycles. The molecule has 0 radical (unpaired) electrons. The van der Waals surface area contributed by atoms with E-state index in [0.29, 0.717) is 24.1 Å². The first-order valence-electron chi connectivity index (χ1n) is 7.70. The topological polar surface area (TPSA) is 35.5 Å². The van der Waals surface area contributed by atoms with Crippen molar-refractivity contribution in [3.05, 3.63) is 0 Å². The second-order valence-corrected chi connectivity index (χ2v) is 6.95. The highest BCUT2D eigenvalue weighted by Gasteiger charge is 2.34. The van der Waals surface area contributed by atoms with Crippen molar-refractivity contribution in [1.82, 2.24) is 10.2 Å². The third-order valence-electron chi connectivity index (χ3n) is 4.57. The number of hydrogen-bond acceptors (Lipinski definition) is 3. The SMILES string of the molecule is CC1(C)CNCC(CO)N(C2CCCCCC2)C1. The van der Waals surface area contributed by atoms with E-state index >= 15 is 0 Å². The molecule has 3 heteroatoms. The summed E-state index contributed by atoms with van der Waals surface area (Å²) in [5, 5.41) is 13.2. The van der Waals surface area contributed by atoms with Crippen molar-refractivity contribution in [3.63, 3.8) is 0 Å². The van der Waals surface area contributed by atoms with E-state index in [1.165, 1.54) is 38.5 Å². The van der Waals surface area contributed by atoms with E-state index < -0.39 is 0 Å². The lowest BCUT2D eigenvalue weighted by Crippen LogP contribution is -2.49. The molecule has 1 unspecified atom stereocenters. The summed E-state index contributed by atoms with van der Waals surface area (Å²) in [6.45, 7) is 8.09. The van der Waals surface area contributed by atoms with Gasteiger partial charge >= 0.3 is 0 Å². The van der Waals surface area contributed by atoms with Crippen molar-refractivity contribution in [3.8, 4) is 0 Å². The molecule has 0 aromatic heterocycles. The van der Waals surface area contributed by atoms with E-state index in [4.69, 9.17) is 0 Å². The van der Waals surface area contributed by atoms with Crippen LogP contribution in [0.3, 0.4) is 0 Å². The molecule has 2 N–H and O–H groups in total. The van der Waals surface area contributed by atoms with Crippen molar-refractivity contribution in [1.29, 1.82) is 0 Å². The summed E-state index contributed by atoms with van der Waals surface area (Å²) < 4.78 is 0. The smallest absolute Gasteiger partial charge is 0.0599 e. The average molecular weight is 254 g/mol. The van der Waals surface area contributed by atoms with Crippen molar-refractivity contribution >= 4 is 0 Å². The first-order chi connectivity index (χ1) is 8.62. The third-order valence-corrected chi connectivity index (χ3v) is 4.57. The van der Waals surface area contributed by atoms with Crippen LogP contribution in [0.1, 0.15) is 52.4 Å². The maximum Gasteiger partial charge on any atom is 0.0599 e. The molecule has 2 rings (SSSR count). The van der Waals surface area contributed by atoms with Gasteiger partial charge in [0, 0.05) is 31.7 Å². The Kier molecular flexibility index (Phi) is 5.05.